The van der Waals surface area contributed by atoms with Gasteiger partial charge in [-0.15, -0.1) is 0 Å². The number of nitrogens with zero attached hydrogens (tertiary/aromatic N) is 1. The first-order chi connectivity index (χ1) is 12.8. The Balaban J connectivity index is 1.60. The maximum atomic E-state index is 14.3. The van der Waals surface area contributed by atoms with Gasteiger partial charge in [-0.05, 0) is 38.3 Å². The van der Waals surface area contributed by atoms with Crippen molar-refractivity contribution in [3.63, 3.8) is 0 Å². The van der Waals surface area contributed by atoms with Crippen LogP contribution in [-0.4, -0.2) is 42.9 Å². The monoisotopic (exact) mass is 391 g/mol. The molecule has 2 fully saturated rings. The molecule has 1 aromatic heterocycles. The van der Waals surface area contributed by atoms with E-state index in [0.29, 0.717) is 5.56 Å². The largest absolute Gasteiger partial charge is 0.481 e. The van der Waals surface area contributed by atoms with Crippen LogP contribution in [0.4, 0.5) is 17.6 Å². The summed E-state index contributed by atoms with van der Waals surface area (Å²) in [4.78, 5) is 15.9. The molecule has 1 atom stereocenters. The third-order valence-corrected chi connectivity index (χ3v) is 4.84. The first-order valence-corrected chi connectivity index (χ1v) is 8.75. The van der Waals surface area contributed by atoms with Gasteiger partial charge in [-0.1, -0.05) is 0 Å². The molecule has 2 heterocycles. The summed E-state index contributed by atoms with van der Waals surface area (Å²) in [6, 6.07) is 0.847. The molecule has 0 spiro atoms. The summed E-state index contributed by atoms with van der Waals surface area (Å²) >= 11 is 0. The van der Waals surface area contributed by atoms with Crippen molar-refractivity contribution < 1.29 is 31.8 Å². The van der Waals surface area contributed by atoms with Gasteiger partial charge in [0.2, 0.25) is 11.8 Å². The number of ether oxygens (including phenoxy) is 2. The first-order valence-electron chi connectivity index (χ1n) is 8.75. The van der Waals surface area contributed by atoms with Crippen molar-refractivity contribution >= 4 is 5.91 Å². The Hall–Kier alpha value is -2.10. The molecule has 1 amide bonds. The molecule has 6 nitrogen and oxygen atoms in total. The maximum absolute atomic E-state index is 14.3. The number of pyridine rings is 1. The molecule has 0 aromatic carbocycles. The predicted molar refractivity (Wildman–Crippen MR) is 86.8 cm³/mol. The minimum absolute atomic E-state index is 0.0178. The van der Waals surface area contributed by atoms with E-state index >= 15 is 0 Å². The second-order valence-electron chi connectivity index (χ2n) is 6.76. The molecule has 0 unspecified atom stereocenters. The molecular weight excluding hydrogens is 370 g/mol. The number of carbonyl (C=O) groups excluding carboxylic acids is 1. The summed E-state index contributed by atoms with van der Waals surface area (Å²) in [6.45, 7) is 0.796. The molecule has 1 aliphatic carbocycles. The molecule has 1 aliphatic heterocycles. The van der Waals surface area contributed by atoms with E-state index in [-0.39, 0.29) is 37.2 Å². The Bertz CT molecular complexity index is 687. The van der Waals surface area contributed by atoms with Crippen molar-refractivity contribution in [3.8, 4) is 11.8 Å². The van der Waals surface area contributed by atoms with Gasteiger partial charge in [-0.2, -0.15) is 18.2 Å². The zero-order chi connectivity index (χ0) is 19.6. The SMILES string of the molecule is COc1nc(OC2CC(C(F)(F)F)C2)c(F)cc1CNC(=O)[C@@H]1CCCN1. The Morgan fingerprint density at radius 2 is 2.11 bits per heavy atom. The summed E-state index contributed by atoms with van der Waals surface area (Å²) in [6.07, 6.45) is -3.79. The van der Waals surface area contributed by atoms with Crippen LogP contribution in [0.15, 0.2) is 6.07 Å². The van der Waals surface area contributed by atoms with E-state index in [1.54, 1.807) is 0 Å². The second kappa shape index (κ2) is 7.87. The highest BCUT2D eigenvalue weighted by molar-refractivity contribution is 5.82. The van der Waals surface area contributed by atoms with E-state index in [1.807, 2.05) is 0 Å². The van der Waals surface area contributed by atoms with Crippen LogP contribution in [0.1, 0.15) is 31.2 Å². The highest BCUT2D eigenvalue weighted by Crippen LogP contribution is 2.42. The zero-order valence-electron chi connectivity index (χ0n) is 14.7. The highest BCUT2D eigenvalue weighted by atomic mass is 19.4. The Morgan fingerprint density at radius 3 is 2.70 bits per heavy atom. The number of aromatic nitrogens is 1. The third kappa shape index (κ3) is 4.60. The lowest BCUT2D eigenvalue weighted by molar-refractivity contribution is -0.210. The number of rotatable bonds is 6. The number of alkyl halides is 3. The minimum atomic E-state index is -4.26. The van der Waals surface area contributed by atoms with Crippen molar-refractivity contribution in [2.75, 3.05) is 13.7 Å². The van der Waals surface area contributed by atoms with Crippen LogP contribution in [0, 0.1) is 11.7 Å². The van der Waals surface area contributed by atoms with Gasteiger partial charge in [0.25, 0.3) is 5.88 Å². The number of amides is 1. The normalized spacial score (nSPS) is 25.0. The quantitative estimate of drug-likeness (QED) is 0.729. The molecule has 150 valence electrons. The van der Waals surface area contributed by atoms with Crippen molar-refractivity contribution in [1.29, 1.82) is 0 Å². The molecule has 1 saturated carbocycles. The lowest BCUT2D eigenvalue weighted by Crippen LogP contribution is -2.42. The molecular formula is C17H21F4N3O3. The molecule has 27 heavy (non-hydrogen) atoms. The van der Waals surface area contributed by atoms with Crippen LogP contribution in [0.25, 0.3) is 0 Å². The Labute approximate surface area is 153 Å². The fourth-order valence-electron chi connectivity index (χ4n) is 3.18. The summed E-state index contributed by atoms with van der Waals surface area (Å²) in [5, 5.41) is 5.75. The van der Waals surface area contributed by atoms with Crippen LogP contribution in [0.3, 0.4) is 0 Å². The highest BCUT2D eigenvalue weighted by Gasteiger charge is 2.49. The number of methoxy groups -OCH3 is 1. The van der Waals surface area contributed by atoms with E-state index in [0.717, 1.165) is 25.5 Å². The van der Waals surface area contributed by atoms with Crippen LogP contribution >= 0.6 is 0 Å². The number of halogens is 4. The van der Waals surface area contributed by atoms with Gasteiger partial charge in [-0.25, -0.2) is 4.39 Å². The fraction of sp³-hybridized carbons (Fsp3) is 0.647. The molecule has 1 aromatic rings. The summed E-state index contributed by atoms with van der Waals surface area (Å²) in [5.74, 6) is -2.77. The van der Waals surface area contributed by atoms with Crippen molar-refractivity contribution in [2.45, 2.75) is 50.6 Å². The predicted octanol–water partition coefficient (Wildman–Crippen LogP) is 2.32. The van der Waals surface area contributed by atoms with Crippen LogP contribution in [0.2, 0.25) is 0 Å². The van der Waals surface area contributed by atoms with Gasteiger partial charge >= 0.3 is 6.18 Å². The number of carbonyl (C=O) groups is 1. The van der Waals surface area contributed by atoms with Gasteiger partial charge in [0.05, 0.1) is 19.1 Å². The number of nitrogens with one attached hydrogen (secondary N) is 2. The first kappa shape index (κ1) is 19.7. The third-order valence-electron chi connectivity index (χ3n) is 4.84. The standard InChI is InChI=1S/C17H21F4N3O3/c1-26-15-9(8-23-14(25)13-3-2-4-22-13)5-12(18)16(24-15)27-11-6-10(7-11)17(19,20)21/h5,10-11,13,22H,2-4,6-8H2,1H3,(H,23,25)/t10?,11?,13-/m0/s1. The molecule has 2 aliphatic rings. The fourth-order valence-corrected chi connectivity index (χ4v) is 3.18. The molecule has 10 heteroatoms. The lowest BCUT2D eigenvalue weighted by Gasteiger charge is -2.36. The van der Waals surface area contributed by atoms with Crippen molar-refractivity contribution in [1.82, 2.24) is 15.6 Å². The van der Waals surface area contributed by atoms with Crippen molar-refractivity contribution in [3.05, 3.63) is 17.4 Å². The van der Waals surface area contributed by atoms with Gasteiger partial charge < -0.3 is 20.1 Å². The smallest absolute Gasteiger partial charge is 0.392 e. The number of hydrogen-bond donors (Lipinski definition) is 2. The van der Waals surface area contributed by atoms with E-state index in [9.17, 15) is 22.4 Å². The minimum Gasteiger partial charge on any atom is -0.481 e. The Kier molecular flexibility index (Phi) is 5.73. The van der Waals surface area contributed by atoms with E-state index in [4.69, 9.17) is 9.47 Å². The van der Waals surface area contributed by atoms with Gasteiger partial charge in [0.15, 0.2) is 5.82 Å². The average Bonchev–Trinajstić information content (AvgIpc) is 3.10. The van der Waals surface area contributed by atoms with Crippen molar-refractivity contribution in [2.24, 2.45) is 5.92 Å². The summed E-state index contributed by atoms with van der Waals surface area (Å²) < 4.78 is 62.2. The van der Waals surface area contributed by atoms with E-state index in [2.05, 4.69) is 15.6 Å². The number of hydrogen-bond acceptors (Lipinski definition) is 5. The summed E-state index contributed by atoms with van der Waals surface area (Å²) in [5.41, 5.74) is 0.315. The lowest BCUT2D eigenvalue weighted by atomic mass is 9.82. The summed E-state index contributed by atoms with van der Waals surface area (Å²) in [7, 11) is 1.33. The Morgan fingerprint density at radius 1 is 1.37 bits per heavy atom. The van der Waals surface area contributed by atoms with Crippen LogP contribution in [0.5, 0.6) is 11.8 Å². The average molecular weight is 391 g/mol. The molecule has 3 rings (SSSR count). The molecule has 0 radical (unpaired) electrons. The van der Waals surface area contributed by atoms with E-state index in [1.165, 1.54) is 7.11 Å². The molecule has 0 bridgehead atoms. The molecule has 1 saturated heterocycles. The van der Waals surface area contributed by atoms with Crippen LogP contribution in [-0.2, 0) is 11.3 Å². The zero-order valence-corrected chi connectivity index (χ0v) is 14.7. The second-order valence-corrected chi connectivity index (χ2v) is 6.76. The maximum Gasteiger partial charge on any atom is 0.392 e. The van der Waals surface area contributed by atoms with Crippen LogP contribution < -0.4 is 20.1 Å². The topological polar surface area (TPSA) is 72.5 Å². The molecule has 2 N–H and O–H groups in total. The van der Waals surface area contributed by atoms with Gasteiger partial charge in [0, 0.05) is 12.1 Å². The van der Waals surface area contributed by atoms with Gasteiger partial charge in [-0.3, -0.25) is 4.79 Å². The van der Waals surface area contributed by atoms with Gasteiger partial charge in [0.1, 0.15) is 6.10 Å². The van der Waals surface area contributed by atoms with E-state index < -0.39 is 29.9 Å².